The van der Waals surface area contributed by atoms with Gasteiger partial charge in [-0.05, 0) is 36.4 Å². The molecule has 96 valence electrons. The van der Waals surface area contributed by atoms with Crippen molar-refractivity contribution in [3.05, 3.63) is 54.3 Å². The Morgan fingerprint density at radius 3 is 2.32 bits per heavy atom. The Kier molecular flexibility index (Phi) is 3.62. The Morgan fingerprint density at radius 1 is 0.895 bits per heavy atom. The summed E-state index contributed by atoms with van der Waals surface area (Å²) >= 11 is 0. The van der Waals surface area contributed by atoms with Crippen LogP contribution in [0.1, 0.15) is 0 Å². The average molecular weight is 276 g/mol. The summed E-state index contributed by atoms with van der Waals surface area (Å²) in [6.07, 6.45) is 0. The van der Waals surface area contributed by atoms with Crippen molar-refractivity contribution in [3.8, 4) is 11.4 Å². The average Bonchev–Trinajstić information content (AvgIpc) is 2.39. The number of aromatic nitrogens is 2. The molecule has 0 aliphatic heterocycles. The monoisotopic (exact) mass is 275 g/mol. The van der Waals surface area contributed by atoms with Gasteiger partial charge in [0.1, 0.15) is 11.6 Å². The van der Waals surface area contributed by atoms with E-state index >= 15 is 0 Å². The van der Waals surface area contributed by atoms with E-state index in [9.17, 15) is 4.39 Å². The summed E-state index contributed by atoms with van der Waals surface area (Å²) in [7, 11) is 0. The highest BCUT2D eigenvalue weighted by Gasteiger charge is 2.06. The smallest absolute Gasteiger partial charge is 0.162 e. The molecule has 0 unspecified atom stereocenters. The highest BCUT2D eigenvalue weighted by Crippen LogP contribution is 2.22. The largest absolute Gasteiger partial charge is 0.383 e. The van der Waals surface area contributed by atoms with Crippen LogP contribution in [0.2, 0.25) is 0 Å². The predicted molar refractivity (Wildman–Crippen MR) is 76.6 cm³/mol. The van der Waals surface area contributed by atoms with E-state index in [1.807, 2.05) is 24.3 Å². The van der Waals surface area contributed by atoms with Crippen LogP contribution in [0.3, 0.4) is 0 Å². The van der Waals surface area contributed by atoms with E-state index in [-0.39, 0.29) is 18.2 Å². The van der Waals surface area contributed by atoms with Crippen LogP contribution in [0.15, 0.2) is 48.5 Å². The highest BCUT2D eigenvalue weighted by atomic mass is 35.5. The fourth-order valence-electron chi connectivity index (χ4n) is 1.83. The molecule has 0 amide bonds. The molecule has 2 aromatic carbocycles. The molecule has 3 nitrogen and oxygen atoms in total. The molecule has 3 rings (SSSR count). The Bertz CT molecular complexity index is 713. The summed E-state index contributed by atoms with van der Waals surface area (Å²) in [5.41, 5.74) is 7.43. The second kappa shape index (κ2) is 5.20. The lowest BCUT2D eigenvalue weighted by atomic mass is 10.2. The minimum atomic E-state index is -0.285. The number of hydrogen-bond acceptors (Lipinski definition) is 3. The van der Waals surface area contributed by atoms with Crippen LogP contribution in [0.5, 0.6) is 0 Å². The first-order chi connectivity index (χ1) is 8.74. The lowest BCUT2D eigenvalue weighted by molar-refractivity contribution is 0.628. The number of benzene rings is 2. The van der Waals surface area contributed by atoms with Gasteiger partial charge >= 0.3 is 0 Å². The lowest BCUT2D eigenvalue weighted by Crippen LogP contribution is -1.97. The van der Waals surface area contributed by atoms with E-state index in [0.29, 0.717) is 11.6 Å². The maximum absolute atomic E-state index is 12.9. The summed E-state index contributed by atoms with van der Waals surface area (Å²) < 4.78 is 12.9. The van der Waals surface area contributed by atoms with Crippen LogP contribution >= 0.6 is 12.4 Å². The van der Waals surface area contributed by atoms with Crippen molar-refractivity contribution < 1.29 is 4.39 Å². The zero-order chi connectivity index (χ0) is 12.5. The van der Waals surface area contributed by atoms with Gasteiger partial charge in [-0.25, -0.2) is 14.4 Å². The molecule has 1 heterocycles. The third-order valence-electron chi connectivity index (χ3n) is 2.74. The van der Waals surface area contributed by atoms with Crippen LogP contribution in [-0.4, -0.2) is 9.97 Å². The van der Waals surface area contributed by atoms with Gasteiger partial charge in [-0.15, -0.1) is 12.4 Å². The molecule has 0 radical (unpaired) electrons. The topological polar surface area (TPSA) is 51.8 Å². The minimum absolute atomic E-state index is 0. The van der Waals surface area contributed by atoms with Gasteiger partial charge in [0.15, 0.2) is 5.82 Å². The van der Waals surface area contributed by atoms with E-state index in [0.717, 1.165) is 16.5 Å². The number of para-hydroxylation sites is 1. The Hall–Kier alpha value is -2.20. The fraction of sp³-hybridized carbons (Fsp3) is 0. The number of halogens is 2. The number of anilines is 1. The van der Waals surface area contributed by atoms with Crippen molar-refractivity contribution in [3.63, 3.8) is 0 Å². The van der Waals surface area contributed by atoms with E-state index in [1.54, 1.807) is 12.1 Å². The quantitative estimate of drug-likeness (QED) is 0.740. The van der Waals surface area contributed by atoms with Gasteiger partial charge in [0.2, 0.25) is 0 Å². The third kappa shape index (κ3) is 2.48. The number of nitrogen functional groups attached to an aromatic ring is 1. The molecule has 0 aliphatic carbocycles. The standard InChI is InChI=1S/C14H10FN3.ClH/c15-10-7-5-9(6-8-10)14-17-12-4-2-1-3-11(12)13(16)18-14;/h1-8H,(H2,16,17,18);1H. The van der Waals surface area contributed by atoms with Gasteiger partial charge in [0, 0.05) is 10.9 Å². The molecule has 1 aromatic heterocycles. The molecule has 0 saturated carbocycles. The summed E-state index contributed by atoms with van der Waals surface area (Å²) in [6, 6.07) is 13.6. The van der Waals surface area contributed by atoms with Gasteiger partial charge in [0.05, 0.1) is 5.52 Å². The van der Waals surface area contributed by atoms with E-state index in [1.165, 1.54) is 12.1 Å². The molecular weight excluding hydrogens is 265 g/mol. The molecule has 0 atom stereocenters. The van der Waals surface area contributed by atoms with Gasteiger partial charge in [-0.3, -0.25) is 0 Å². The first-order valence-electron chi connectivity index (χ1n) is 5.52. The summed E-state index contributed by atoms with van der Waals surface area (Å²) in [4.78, 5) is 8.67. The molecule has 0 spiro atoms. The highest BCUT2D eigenvalue weighted by molar-refractivity contribution is 5.89. The number of fused-ring (bicyclic) bond motifs is 1. The molecule has 2 N–H and O–H groups in total. The molecule has 0 fully saturated rings. The van der Waals surface area contributed by atoms with Crippen LogP contribution in [0.25, 0.3) is 22.3 Å². The van der Waals surface area contributed by atoms with Gasteiger partial charge in [-0.2, -0.15) is 0 Å². The van der Waals surface area contributed by atoms with Crippen LogP contribution in [0.4, 0.5) is 10.2 Å². The maximum Gasteiger partial charge on any atom is 0.162 e. The molecule has 0 aliphatic rings. The number of nitrogens with two attached hydrogens (primary N) is 1. The molecular formula is C14H11ClFN3. The van der Waals surface area contributed by atoms with Crippen LogP contribution in [-0.2, 0) is 0 Å². The van der Waals surface area contributed by atoms with Crippen molar-refractivity contribution in [2.24, 2.45) is 0 Å². The third-order valence-corrected chi connectivity index (χ3v) is 2.74. The first-order valence-corrected chi connectivity index (χ1v) is 5.52. The van der Waals surface area contributed by atoms with Gasteiger partial charge < -0.3 is 5.73 Å². The van der Waals surface area contributed by atoms with Crippen molar-refractivity contribution in [1.29, 1.82) is 0 Å². The molecule has 3 aromatic rings. The summed E-state index contributed by atoms with van der Waals surface area (Å²) in [5.74, 6) is 0.652. The fourth-order valence-corrected chi connectivity index (χ4v) is 1.83. The Morgan fingerprint density at radius 2 is 1.58 bits per heavy atom. The van der Waals surface area contributed by atoms with Crippen molar-refractivity contribution in [1.82, 2.24) is 9.97 Å². The van der Waals surface area contributed by atoms with Gasteiger partial charge in [0.25, 0.3) is 0 Å². The summed E-state index contributed by atoms with van der Waals surface area (Å²) in [5, 5.41) is 0.823. The zero-order valence-corrected chi connectivity index (χ0v) is 10.7. The zero-order valence-electron chi connectivity index (χ0n) is 9.88. The van der Waals surface area contributed by atoms with Gasteiger partial charge in [-0.1, -0.05) is 12.1 Å². The van der Waals surface area contributed by atoms with Crippen LogP contribution < -0.4 is 5.73 Å². The molecule has 0 bridgehead atoms. The van der Waals surface area contributed by atoms with Crippen molar-refractivity contribution in [2.45, 2.75) is 0 Å². The molecule has 19 heavy (non-hydrogen) atoms. The second-order valence-corrected chi connectivity index (χ2v) is 3.96. The van der Waals surface area contributed by atoms with E-state index in [4.69, 9.17) is 5.73 Å². The first kappa shape index (κ1) is 13.2. The van der Waals surface area contributed by atoms with Crippen molar-refractivity contribution >= 4 is 29.1 Å². The van der Waals surface area contributed by atoms with E-state index < -0.39 is 0 Å². The van der Waals surface area contributed by atoms with Crippen molar-refractivity contribution in [2.75, 3.05) is 5.73 Å². The lowest BCUT2D eigenvalue weighted by Gasteiger charge is -2.05. The van der Waals surface area contributed by atoms with E-state index in [2.05, 4.69) is 9.97 Å². The summed E-state index contributed by atoms with van der Waals surface area (Å²) in [6.45, 7) is 0. The Balaban J connectivity index is 0.00000133. The normalized spacial score (nSPS) is 10.2. The SMILES string of the molecule is Cl.Nc1nc(-c2ccc(F)cc2)nc2ccccc12. The van der Waals surface area contributed by atoms with Crippen LogP contribution in [0, 0.1) is 5.82 Å². The number of hydrogen-bond donors (Lipinski definition) is 1. The second-order valence-electron chi connectivity index (χ2n) is 3.96. The maximum atomic E-state index is 12.9. The minimum Gasteiger partial charge on any atom is -0.383 e. The number of rotatable bonds is 1. The predicted octanol–water partition coefficient (Wildman–Crippen LogP) is 3.44. The molecule has 0 saturated heterocycles. The molecule has 5 heteroatoms. The Labute approximate surface area is 115 Å². The number of nitrogens with zero attached hydrogens (tertiary/aromatic N) is 2.